The van der Waals surface area contributed by atoms with Crippen molar-refractivity contribution in [3.8, 4) is 11.8 Å². The summed E-state index contributed by atoms with van der Waals surface area (Å²) in [5.74, 6) is 1.37. The zero-order valence-electron chi connectivity index (χ0n) is 12.7. The summed E-state index contributed by atoms with van der Waals surface area (Å²) in [6.07, 6.45) is 3.21. The van der Waals surface area contributed by atoms with Gasteiger partial charge in [0.15, 0.2) is 0 Å². The normalized spacial score (nSPS) is 15.7. The maximum atomic E-state index is 10.2. The zero-order chi connectivity index (χ0) is 15.1. The van der Waals surface area contributed by atoms with Gasteiger partial charge in [0.05, 0.1) is 5.56 Å². The van der Waals surface area contributed by atoms with Gasteiger partial charge in [-0.1, -0.05) is 19.1 Å². The summed E-state index contributed by atoms with van der Waals surface area (Å²) in [5.41, 5.74) is 0.507. The molecule has 0 bridgehead atoms. The highest BCUT2D eigenvalue weighted by Gasteiger charge is 2.25. The topological polar surface area (TPSA) is 56.5 Å². The number of hydrogen-bond donors (Lipinski definition) is 1. The highest BCUT2D eigenvalue weighted by molar-refractivity contribution is 5.42. The molecule has 21 heavy (non-hydrogen) atoms. The van der Waals surface area contributed by atoms with Crippen LogP contribution in [0.3, 0.4) is 0 Å². The standard InChI is InChI=1S/C17H24N2O2/c1-2-9-19(11-14-7-8-14)12-16(20)13-21-17-6-4-3-5-15(17)10-18/h3-6,14,16,20H,2,7-9,11-13H2,1H3. The van der Waals surface area contributed by atoms with Gasteiger partial charge in [-0.2, -0.15) is 5.26 Å². The Morgan fingerprint density at radius 2 is 2.19 bits per heavy atom. The Balaban J connectivity index is 1.79. The molecule has 1 atom stereocenters. The molecule has 0 spiro atoms. The van der Waals surface area contributed by atoms with Gasteiger partial charge in [-0.05, 0) is 43.9 Å². The molecule has 0 amide bonds. The van der Waals surface area contributed by atoms with Crippen LogP contribution in [-0.2, 0) is 0 Å². The lowest BCUT2D eigenvalue weighted by Gasteiger charge is -2.24. The molecule has 1 aromatic rings. The summed E-state index contributed by atoms with van der Waals surface area (Å²) < 4.78 is 5.59. The summed E-state index contributed by atoms with van der Waals surface area (Å²) in [6.45, 7) is 5.12. The lowest BCUT2D eigenvalue weighted by Crippen LogP contribution is -2.37. The minimum absolute atomic E-state index is 0.226. The number of ether oxygens (including phenoxy) is 1. The third-order valence-corrected chi connectivity index (χ3v) is 3.66. The van der Waals surface area contributed by atoms with Crippen LogP contribution in [-0.4, -0.2) is 42.4 Å². The van der Waals surface area contributed by atoms with Crippen LogP contribution in [0.15, 0.2) is 24.3 Å². The Hall–Kier alpha value is -1.57. The highest BCUT2D eigenvalue weighted by Crippen LogP contribution is 2.29. The van der Waals surface area contributed by atoms with E-state index in [9.17, 15) is 5.11 Å². The summed E-state index contributed by atoms with van der Waals surface area (Å²) in [6, 6.07) is 9.22. The highest BCUT2D eigenvalue weighted by atomic mass is 16.5. The van der Waals surface area contributed by atoms with E-state index >= 15 is 0 Å². The molecular formula is C17H24N2O2. The first-order valence-electron chi connectivity index (χ1n) is 7.75. The number of para-hydroxylation sites is 1. The molecule has 1 unspecified atom stereocenters. The molecule has 114 valence electrons. The van der Waals surface area contributed by atoms with Crippen molar-refractivity contribution in [3.05, 3.63) is 29.8 Å². The van der Waals surface area contributed by atoms with Crippen molar-refractivity contribution in [1.82, 2.24) is 4.90 Å². The van der Waals surface area contributed by atoms with Gasteiger partial charge < -0.3 is 14.7 Å². The fourth-order valence-electron chi connectivity index (χ4n) is 2.46. The summed E-state index contributed by atoms with van der Waals surface area (Å²) in [7, 11) is 0. The van der Waals surface area contributed by atoms with E-state index < -0.39 is 6.10 Å². The molecule has 1 N–H and O–H groups in total. The van der Waals surface area contributed by atoms with E-state index in [4.69, 9.17) is 10.00 Å². The SMILES string of the molecule is CCCN(CC(O)COc1ccccc1C#N)CC1CC1. The van der Waals surface area contributed by atoms with Crippen molar-refractivity contribution in [2.24, 2.45) is 5.92 Å². The van der Waals surface area contributed by atoms with Crippen molar-refractivity contribution in [1.29, 1.82) is 5.26 Å². The van der Waals surface area contributed by atoms with E-state index in [1.54, 1.807) is 18.2 Å². The van der Waals surface area contributed by atoms with E-state index in [-0.39, 0.29) is 6.61 Å². The average molecular weight is 288 g/mol. The first-order valence-corrected chi connectivity index (χ1v) is 7.75. The van der Waals surface area contributed by atoms with Crippen LogP contribution in [0.25, 0.3) is 0 Å². The molecule has 1 aliphatic carbocycles. The second kappa shape index (κ2) is 8.02. The summed E-state index contributed by atoms with van der Waals surface area (Å²) in [4.78, 5) is 2.32. The fourth-order valence-corrected chi connectivity index (χ4v) is 2.46. The number of hydrogen-bond acceptors (Lipinski definition) is 4. The number of aliphatic hydroxyl groups is 1. The molecule has 0 aliphatic heterocycles. The lowest BCUT2D eigenvalue weighted by atomic mass is 10.2. The van der Waals surface area contributed by atoms with Crippen LogP contribution in [0.2, 0.25) is 0 Å². The first-order chi connectivity index (χ1) is 10.2. The molecule has 1 aliphatic rings. The van der Waals surface area contributed by atoms with Gasteiger partial charge in [0.25, 0.3) is 0 Å². The molecule has 1 fully saturated rings. The molecule has 2 rings (SSSR count). The van der Waals surface area contributed by atoms with Gasteiger partial charge in [0, 0.05) is 13.1 Å². The Morgan fingerprint density at radius 3 is 2.86 bits per heavy atom. The average Bonchev–Trinajstić information content (AvgIpc) is 3.29. The van der Waals surface area contributed by atoms with Crippen molar-refractivity contribution in [3.63, 3.8) is 0 Å². The molecule has 0 aromatic heterocycles. The van der Waals surface area contributed by atoms with Gasteiger partial charge in [-0.3, -0.25) is 0 Å². The summed E-state index contributed by atoms with van der Waals surface area (Å²) in [5, 5.41) is 19.2. The molecule has 0 heterocycles. The van der Waals surface area contributed by atoms with Crippen LogP contribution in [0, 0.1) is 17.2 Å². The minimum atomic E-state index is -0.526. The molecular weight excluding hydrogens is 264 g/mol. The molecule has 4 heteroatoms. The molecule has 4 nitrogen and oxygen atoms in total. The second-order valence-electron chi connectivity index (χ2n) is 5.78. The van der Waals surface area contributed by atoms with E-state index in [0.717, 1.165) is 25.4 Å². The Bertz CT molecular complexity index is 480. The van der Waals surface area contributed by atoms with Crippen LogP contribution >= 0.6 is 0 Å². The van der Waals surface area contributed by atoms with Gasteiger partial charge in [0.2, 0.25) is 0 Å². The van der Waals surface area contributed by atoms with Crippen molar-refractivity contribution in [2.75, 3.05) is 26.2 Å². The predicted octanol–water partition coefficient (Wildman–Crippen LogP) is 2.42. The van der Waals surface area contributed by atoms with Gasteiger partial charge in [-0.25, -0.2) is 0 Å². The summed E-state index contributed by atoms with van der Waals surface area (Å²) >= 11 is 0. The number of benzene rings is 1. The minimum Gasteiger partial charge on any atom is -0.489 e. The van der Waals surface area contributed by atoms with Crippen LogP contribution in [0.1, 0.15) is 31.7 Å². The smallest absolute Gasteiger partial charge is 0.137 e. The van der Waals surface area contributed by atoms with E-state index in [2.05, 4.69) is 17.9 Å². The maximum Gasteiger partial charge on any atom is 0.137 e. The Morgan fingerprint density at radius 1 is 1.43 bits per heavy atom. The maximum absolute atomic E-state index is 10.2. The lowest BCUT2D eigenvalue weighted by molar-refractivity contribution is 0.0665. The van der Waals surface area contributed by atoms with Crippen LogP contribution in [0.5, 0.6) is 5.75 Å². The van der Waals surface area contributed by atoms with Gasteiger partial charge in [0.1, 0.15) is 24.5 Å². The fraction of sp³-hybridized carbons (Fsp3) is 0.588. The third kappa shape index (κ3) is 5.37. The predicted molar refractivity (Wildman–Crippen MR) is 82.1 cm³/mol. The molecule has 0 saturated heterocycles. The zero-order valence-corrected chi connectivity index (χ0v) is 12.7. The molecule has 1 aromatic carbocycles. The third-order valence-electron chi connectivity index (χ3n) is 3.66. The van der Waals surface area contributed by atoms with E-state index in [1.165, 1.54) is 12.8 Å². The van der Waals surface area contributed by atoms with Crippen LogP contribution in [0.4, 0.5) is 0 Å². The van der Waals surface area contributed by atoms with Crippen LogP contribution < -0.4 is 4.74 Å². The molecule has 1 saturated carbocycles. The largest absolute Gasteiger partial charge is 0.489 e. The monoisotopic (exact) mass is 288 g/mol. The number of nitriles is 1. The van der Waals surface area contributed by atoms with Gasteiger partial charge in [-0.15, -0.1) is 0 Å². The van der Waals surface area contributed by atoms with Crippen molar-refractivity contribution in [2.45, 2.75) is 32.3 Å². The van der Waals surface area contributed by atoms with E-state index in [1.807, 2.05) is 6.07 Å². The second-order valence-corrected chi connectivity index (χ2v) is 5.78. The first kappa shape index (κ1) is 15.8. The van der Waals surface area contributed by atoms with Gasteiger partial charge >= 0.3 is 0 Å². The number of nitrogens with zero attached hydrogens (tertiary/aromatic N) is 2. The molecule has 0 radical (unpaired) electrons. The van der Waals surface area contributed by atoms with Crippen molar-refractivity contribution >= 4 is 0 Å². The number of rotatable bonds is 9. The number of aliphatic hydroxyl groups excluding tert-OH is 1. The Kier molecular flexibility index (Phi) is 6.04. The van der Waals surface area contributed by atoms with E-state index in [0.29, 0.717) is 17.9 Å². The Labute approximate surface area is 127 Å². The quantitative estimate of drug-likeness (QED) is 0.758. The van der Waals surface area contributed by atoms with Crippen molar-refractivity contribution < 1.29 is 9.84 Å².